The molecule has 198 valence electrons. The lowest BCUT2D eigenvalue weighted by molar-refractivity contribution is -0.192. The monoisotopic (exact) mass is 527 g/mol. The van der Waals surface area contributed by atoms with Gasteiger partial charge in [-0.2, -0.15) is 13.2 Å². The van der Waals surface area contributed by atoms with Gasteiger partial charge in [-0.25, -0.2) is 9.59 Å². The number of aromatic nitrogens is 4. The number of rotatable bonds is 5. The van der Waals surface area contributed by atoms with Crippen LogP contribution in [-0.4, -0.2) is 42.3 Å². The Hall–Kier alpha value is -4.94. The Labute approximate surface area is 213 Å². The molecule has 2 aromatic carbocycles. The maximum Gasteiger partial charge on any atom is 0.490 e. The maximum atomic E-state index is 12.9. The van der Waals surface area contributed by atoms with E-state index in [9.17, 15) is 18.0 Å². The first-order valence-electron chi connectivity index (χ1n) is 11.4. The van der Waals surface area contributed by atoms with Gasteiger partial charge in [0.15, 0.2) is 5.96 Å². The molecule has 0 aliphatic carbocycles. The largest absolute Gasteiger partial charge is 0.490 e. The molecule has 0 amide bonds. The molecule has 0 aliphatic heterocycles. The van der Waals surface area contributed by atoms with E-state index in [1.165, 1.54) is 0 Å². The molecule has 5 rings (SSSR count). The number of imidazole rings is 1. The number of nitrogens with zero attached hydrogens (tertiary/aromatic N) is 2. The minimum atomic E-state index is -5.08. The molecule has 0 saturated heterocycles. The van der Waals surface area contributed by atoms with Gasteiger partial charge in [0, 0.05) is 40.4 Å². The van der Waals surface area contributed by atoms with Crippen molar-refractivity contribution in [2.24, 2.45) is 5.73 Å². The van der Waals surface area contributed by atoms with Crippen LogP contribution in [0.5, 0.6) is 0 Å². The Bertz CT molecular complexity index is 1680. The van der Waals surface area contributed by atoms with Crippen molar-refractivity contribution >= 4 is 33.7 Å². The number of carboxylic acids is 1. The topological polar surface area (TPSA) is 158 Å². The van der Waals surface area contributed by atoms with Crippen molar-refractivity contribution in [3.8, 4) is 16.9 Å². The standard InChI is InChI=1S/C23H23N7O.C2HF3O2/c1-2-21(28-22(24)25)29-13-16(14-7-4-6-10-18(14)29)20-12-27-23(31)30(20)19-11-26-17-9-5-3-8-15(17)19;3-2(4,5)1(6)7/h3-13,21,26H,2H2,1H3,(H,27,31)(H4,24,25,28);(H,6,7). The van der Waals surface area contributed by atoms with Gasteiger partial charge >= 0.3 is 17.8 Å². The number of guanidine groups is 1. The number of alkyl halides is 3. The Kier molecular flexibility index (Phi) is 7.02. The summed E-state index contributed by atoms with van der Waals surface area (Å²) in [5.74, 6) is -2.84. The van der Waals surface area contributed by atoms with Gasteiger partial charge in [0.25, 0.3) is 0 Å². The summed E-state index contributed by atoms with van der Waals surface area (Å²) in [5.41, 5.74) is 9.86. The van der Waals surface area contributed by atoms with E-state index in [0.29, 0.717) is 0 Å². The van der Waals surface area contributed by atoms with E-state index < -0.39 is 12.1 Å². The van der Waals surface area contributed by atoms with Crippen LogP contribution in [0.1, 0.15) is 19.5 Å². The second-order valence-electron chi connectivity index (χ2n) is 8.29. The molecule has 0 fully saturated rings. The van der Waals surface area contributed by atoms with Crippen LogP contribution >= 0.6 is 0 Å². The molecule has 10 nitrogen and oxygen atoms in total. The number of H-pyrrole nitrogens is 2. The second kappa shape index (κ2) is 10.2. The van der Waals surface area contributed by atoms with Gasteiger partial charge in [-0.1, -0.05) is 43.3 Å². The molecule has 1 atom stereocenters. The molecule has 1 unspecified atom stereocenters. The van der Waals surface area contributed by atoms with Crippen LogP contribution in [0.25, 0.3) is 38.8 Å². The van der Waals surface area contributed by atoms with Crippen LogP contribution in [0, 0.1) is 5.41 Å². The third-order valence-corrected chi connectivity index (χ3v) is 5.89. The predicted molar refractivity (Wildman–Crippen MR) is 137 cm³/mol. The Morgan fingerprint density at radius 3 is 2.37 bits per heavy atom. The van der Waals surface area contributed by atoms with Crippen molar-refractivity contribution in [3.63, 3.8) is 0 Å². The molecule has 0 bridgehead atoms. The molecule has 3 heterocycles. The number of fused-ring (bicyclic) bond motifs is 2. The Morgan fingerprint density at radius 2 is 1.74 bits per heavy atom. The summed E-state index contributed by atoms with van der Waals surface area (Å²) < 4.78 is 35.5. The van der Waals surface area contributed by atoms with E-state index >= 15 is 0 Å². The van der Waals surface area contributed by atoms with Gasteiger partial charge in [0.05, 0.1) is 16.9 Å². The minimum Gasteiger partial charge on any atom is -0.475 e. The molecular weight excluding hydrogens is 503 g/mol. The summed E-state index contributed by atoms with van der Waals surface area (Å²) in [6, 6.07) is 15.9. The molecular formula is C25H24F3N7O3. The Morgan fingerprint density at radius 1 is 1.11 bits per heavy atom. The first-order chi connectivity index (χ1) is 18.0. The molecule has 0 radical (unpaired) electrons. The summed E-state index contributed by atoms with van der Waals surface area (Å²) in [6.07, 6.45) is 1.09. The van der Waals surface area contributed by atoms with Gasteiger partial charge in [-0.05, 0) is 18.6 Å². The van der Waals surface area contributed by atoms with Gasteiger partial charge in [0.2, 0.25) is 0 Å². The lowest BCUT2D eigenvalue weighted by Gasteiger charge is -2.20. The number of aliphatic carboxylic acids is 1. The molecule has 0 spiro atoms. The molecule has 0 saturated carbocycles. The number of hydrogen-bond acceptors (Lipinski definition) is 3. The number of halogens is 3. The molecule has 13 heteroatoms. The van der Waals surface area contributed by atoms with Gasteiger partial charge in [-0.15, -0.1) is 0 Å². The SMILES string of the molecule is CCC(NC(=N)N)n1cc(-c2c[nH]c(=O)n2-c2c[nH]c3ccccc23)c2ccccc21.O=C(O)C(F)(F)F. The number of nitrogens with two attached hydrogens (primary N) is 1. The van der Waals surface area contributed by atoms with E-state index in [1.807, 2.05) is 67.8 Å². The maximum absolute atomic E-state index is 12.9. The number of aromatic amines is 2. The zero-order chi connectivity index (χ0) is 27.6. The van der Waals surface area contributed by atoms with Crippen LogP contribution in [0.4, 0.5) is 13.2 Å². The number of carbonyl (C=O) groups is 1. The third kappa shape index (κ3) is 4.98. The molecule has 7 N–H and O–H groups in total. The van der Waals surface area contributed by atoms with Crippen molar-refractivity contribution in [2.45, 2.75) is 25.7 Å². The predicted octanol–water partition coefficient (Wildman–Crippen LogP) is 4.29. The van der Waals surface area contributed by atoms with Crippen LogP contribution in [0.15, 0.2) is 71.9 Å². The van der Waals surface area contributed by atoms with Crippen molar-refractivity contribution in [1.82, 2.24) is 24.4 Å². The lowest BCUT2D eigenvalue weighted by atomic mass is 10.1. The van der Waals surface area contributed by atoms with Crippen molar-refractivity contribution in [2.75, 3.05) is 0 Å². The van der Waals surface area contributed by atoms with E-state index in [-0.39, 0.29) is 17.8 Å². The van der Waals surface area contributed by atoms with E-state index in [1.54, 1.807) is 10.8 Å². The summed E-state index contributed by atoms with van der Waals surface area (Å²) in [7, 11) is 0. The van der Waals surface area contributed by atoms with Gasteiger partial charge in [0.1, 0.15) is 6.17 Å². The Balaban J connectivity index is 0.000000426. The highest BCUT2D eigenvalue weighted by molar-refractivity contribution is 5.97. The minimum absolute atomic E-state index is 0.0801. The highest BCUT2D eigenvalue weighted by Gasteiger charge is 2.38. The first kappa shape index (κ1) is 26.1. The number of carboxylic acid groups (broad SMARTS) is 1. The van der Waals surface area contributed by atoms with Crippen LogP contribution < -0.4 is 16.7 Å². The smallest absolute Gasteiger partial charge is 0.475 e. The highest BCUT2D eigenvalue weighted by atomic mass is 19.4. The summed E-state index contributed by atoms with van der Waals surface area (Å²) in [4.78, 5) is 27.9. The summed E-state index contributed by atoms with van der Waals surface area (Å²) in [6.45, 7) is 2.03. The van der Waals surface area contributed by atoms with Crippen LogP contribution in [0.2, 0.25) is 0 Å². The normalized spacial score (nSPS) is 12.2. The fourth-order valence-electron chi connectivity index (χ4n) is 4.26. The van der Waals surface area contributed by atoms with Crippen LogP contribution in [-0.2, 0) is 4.79 Å². The van der Waals surface area contributed by atoms with Crippen LogP contribution in [0.3, 0.4) is 0 Å². The number of para-hydroxylation sites is 2. The fraction of sp³-hybridized carbons (Fsp3) is 0.160. The zero-order valence-corrected chi connectivity index (χ0v) is 20.0. The zero-order valence-electron chi connectivity index (χ0n) is 20.0. The summed E-state index contributed by atoms with van der Waals surface area (Å²) in [5, 5.41) is 19.8. The molecule has 3 aromatic heterocycles. The number of benzene rings is 2. The van der Waals surface area contributed by atoms with Crippen molar-refractivity contribution in [3.05, 3.63) is 77.6 Å². The fourth-order valence-corrected chi connectivity index (χ4v) is 4.26. The van der Waals surface area contributed by atoms with Crippen molar-refractivity contribution in [1.29, 1.82) is 5.41 Å². The average Bonchev–Trinajstić information content (AvgIpc) is 3.57. The van der Waals surface area contributed by atoms with E-state index in [0.717, 1.165) is 45.2 Å². The molecule has 5 aromatic rings. The van der Waals surface area contributed by atoms with E-state index in [2.05, 4.69) is 19.9 Å². The second-order valence-corrected chi connectivity index (χ2v) is 8.29. The molecule has 0 aliphatic rings. The van der Waals surface area contributed by atoms with Crippen molar-refractivity contribution < 1.29 is 23.1 Å². The highest BCUT2D eigenvalue weighted by Crippen LogP contribution is 2.34. The third-order valence-electron chi connectivity index (χ3n) is 5.89. The average molecular weight is 528 g/mol. The van der Waals surface area contributed by atoms with Gasteiger partial charge < -0.3 is 30.7 Å². The lowest BCUT2D eigenvalue weighted by Crippen LogP contribution is -2.36. The van der Waals surface area contributed by atoms with Gasteiger partial charge in [-0.3, -0.25) is 9.98 Å². The summed E-state index contributed by atoms with van der Waals surface area (Å²) >= 11 is 0. The first-order valence-corrected chi connectivity index (χ1v) is 11.4. The molecule has 38 heavy (non-hydrogen) atoms. The number of hydrogen-bond donors (Lipinski definition) is 6. The quantitative estimate of drug-likeness (QED) is 0.148. The number of nitrogens with one attached hydrogen (secondary N) is 4. The van der Waals surface area contributed by atoms with E-state index in [4.69, 9.17) is 21.0 Å².